The smallest absolute Gasteiger partial charge is 0.404 e. The van der Waals surface area contributed by atoms with E-state index in [1.807, 2.05) is 24.3 Å². The zero-order valence-electron chi connectivity index (χ0n) is 10.9. The molecule has 1 aromatic carbocycles. The van der Waals surface area contributed by atoms with Gasteiger partial charge >= 0.3 is 6.09 Å². The van der Waals surface area contributed by atoms with E-state index in [0.29, 0.717) is 11.6 Å². The van der Waals surface area contributed by atoms with Crippen molar-refractivity contribution < 1.29 is 9.90 Å². The molecule has 3 N–H and O–H groups in total. The number of fused-ring (bicyclic) bond motifs is 1. The summed E-state index contributed by atoms with van der Waals surface area (Å²) in [7, 11) is 0. The monoisotopic (exact) mass is 293 g/mol. The first-order valence-corrected chi connectivity index (χ1v) is 6.79. The van der Waals surface area contributed by atoms with Crippen molar-refractivity contribution in [2.75, 3.05) is 18.4 Å². The highest BCUT2D eigenvalue weighted by Crippen LogP contribution is 2.24. The maximum absolute atomic E-state index is 10.3. The van der Waals surface area contributed by atoms with Crippen molar-refractivity contribution in [1.82, 2.24) is 10.3 Å². The molecule has 2 aromatic rings. The van der Waals surface area contributed by atoms with Crippen LogP contribution in [0.5, 0.6) is 0 Å². The molecule has 0 aliphatic heterocycles. The summed E-state index contributed by atoms with van der Waals surface area (Å²) in [6.07, 6.45) is 2.45. The third-order valence-corrected chi connectivity index (χ3v) is 3.14. The lowest BCUT2D eigenvalue weighted by atomic mass is 10.2. The van der Waals surface area contributed by atoms with Crippen molar-refractivity contribution in [2.45, 2.75) is 12.8 Å². The molecule has 2 rings (SSSR count). The van der Waals surface area contributed by atoms with Gasteiger partial charge in [0, 0.05) is 35.4 Å². The first-order chi connectivity index (χ1) is 9.66. The van der Waals surface area contributed by atoms with Gasteiger partial charge in [0.05, 0.1) is 5.52 Å². The number of aromatic nitrogens is 1. The molecule has 20 heavy (non-hydrogen) atoms. The molecule has 0 aliphatic carbocycles. The average molecular weight is 294 g/mol. The molecule has 0 fully saturated rings. The minimum Gasteiger partial charge on any atom is -0.465 e. The van der Waals surface area contributed by atoms with Crippen LogP contribution in [-0.4, -0.2) is 29.3 Å². The molecular weight excluding hydrogens is 278 g/mol. The van der Waals surface area contributed by atoms with E-state index >= 15 is 0 Å². The molecule has 1 amide bonds. The Hall–Kier alpha value is -2.01. The van der Waals surface area contributed by atoms with Crippen molar-refractivity contribution in [3.63, 3.8) is 0 Å². The minimum atomic E-state index is -0.977. The molecule has 1 aromatic heterocycles. The van der Waals surface area contributed by atoms with Gasteiger partial charge in [-0.15, -0.1) is 0 Å². The summed E-state index contributed by atoms with van der Waals surface area (Å²) in [5.41, 5.74) is 1.87. The van der Waals surface area contributed by atoms with Crippen molar-refractivity contribution in [3.8, 4) is 0 Å². The van der Waals surface area contributed by atoms with Gasteiger partial charge in [-0.05, 0) is 37.1 Å². The van der Waals surface area contributed by atoms with Gasteiger partial charge in [0.25, 0.3) is 0 Å². The third-order valence-electron chi connectivity index (χ3n) is 2.90. The Labute approximate surface area is 122 Å². The Morgan fingerprint density at radius 3 is 2.85 bits per heavy atom. The van der Waals surface area contributed by atoms with Crippen LogP contribution in [0.4, 0.5) is 10.5 Å². The molecule has 0 spiro atoms. The number of hydrogen-bond acceptors (Lipinski definition) is 3. The molecule has 0 atom stereocenters. The van der Waals surface area contributed by atoms with Crippen molar-refractivity contribution in [3.05, 3.63) is 35.5 Å². The van der Waals surface area contributed by atoms with E-state index in [0.717, 1.165) is 36.0 Å². The maximum atomic E-state index is 10.3. The standard InChI is InChI=1S/C14H16ClN3O2/c15-10-3-4-11-12(5-8-17-13(11)9-10)16-6-1-2-7-18-14(19)20/h3-5,8-9,18H,1-2,6-7H2,(H,16,17)(H,19,20). The van der Waals surface area contributed by atoms with Crippen LogP contribution in [0.3, 0.4) is 0 Å². The SMILES string of the molecule is O=C(O)NCCCCNc1ccnc2cc(Cl)ccc12. The van der Waals surface area contributed by atoms with Gasteiger partial charge in [-0.3, -0.25) is 4.98 Å². The van der Waals surface area contributed by atoms with E-state index in [-0.39, 0.29) is 0 Å². The second-order valence-corrected chi connectivity index (χ2v) is 4.82. The number of halogens is 1. The Morgan fingerprint density at radius 2 is 2.05 bits per heavy atom. The van der Waals surface area contributed by atoms with Crippen LogP contribution in [-0.2, 0) is 0 Å². The number of pyridine rings is 1. The number of carboxylic acid groups (broad SMARTS) is 1. The summed E-state index contributed by atoms with van der Waals surface area (Å²) < 4.78 is 0. The van der Waals surface area contributed by atoms with E-state index in [1.54, 1.807) is 6.20 Å². The van der Waals surface area contributed by atoms with Crippen LogP contribution < -0.4 is 10.6 Å². The Balaban J connectivity index is 1.88. The molecule has 1 heterocycles. The minimum absolute atomic E-state index is 0.476. The summed E-state index contributed by atoms with van der Waals surface area (Å²) in [6, 6.07) is 7.54. The highest BCUT2D eigenvalue weighted by atomic mass is 35.5. The lowest BCUT2D eigenvalue weighted by molar-refractivity contribution is 0.194. The van der Waals surface area contributed by atoms with Gasteiger partial charge in [-0.25, -0.2) is 4.79 Å². The lowest BCUT2D eigenvalue weighted by Gasteiger charge is -2.09. The van der Waals surface area contributed by atoms with Gasteiger partial charge in [0.2, 0.25) is 0 Å². The van der Waals surface area contributed by atoms with E-state index in [4.69, 9.17) is 16.7 Å². The van der Waals surface area contributed by atoms with Crippen LogP contribution in [0.1, 0.15) is 12.8 Å². The molecule has 0 unspecified atom stereocenters. The number of nitrogens with zero attached hydrogens (tertiary/aromatic N) is 1. The first-order valence-electron chi connectivity index (χ1n) is 6.42. The number of anilines is 1. The fourth-order valence-electron chi connectivity index (χ4n) is 1.94. The second kappa shape index (κ2) is 6.96. The zero-order valence-corrected chi connectivity index (χ0v) is 11.7. The quantitative estimate of drug-likeness (QED) is 0.714. The number of hydrogen-bond donors (Lipinski definition) is 3. The fourth-order valence-corrected chi connectivity index (χ4v) is 2.11. The van der Waals surface area contributed by atoms with E-state index in [1.165, 1.54) is 0 Å². The van der Waals surface area contributed by atoms with Crippen LogP contribution >= 0.6 is 11.6 Å². The summed E-state index contributed by atoms with van der Waals surface area (Å²) in [5, 5.41) is 15.8. The Bertz CT molecular complexity index is 604. The van der Waals surface area contributed by atoms with Crippen LogP contribution in [0, 0.1) is 0 Å². The van der Waals surface area contributed by atoms with Crippen LogP contribution in [0.2, 0.25) is 5.02 Å². The molecule has 106 valence electrons. The third kappa shape index (κ3) is 3.99. The highest BCUT2D eigenvalue weighted by Gasteiger charge is 2.02. The molecule has 6 heteroatoms. The zero-order chi connectivity index (χ0) is 14.4. The molecule has 0 aliphatic rings. The Kier molecular flexibility index (Phi) is 5.01. The lowest BCUT2D eigenvalue weighted by Crippen LogP contribution is -2.22. The first kappa shape index (κ1) is 14.4. The maximum Gasteiger partial charge on any atom is 0.404 e. The summed E-state index contributed by atoms with van der Waals surface area (Å²) in [5.74, 6) is 0. The highest BCUT2D eigenvalue weighted by molar-refractivity contribution is 6.31. The van der Waals surface area contributed by atoms with Gasteiger partial charge in [0.15, 0.2) is 0 Å². The van der Waals surface area contributed by atoms with E-state index in [9.17, 15) is 4.79 Å². The summed E-state index contributed by atoms with van der Waals surface area (Å²) in [4.78, 5) is 14.6. The molecule has 0 saturated heterocycles. The van der Waals surface area contributed by atoms with Crippen molar-refractivity contribution in [1.29, 1.82) is 0 Å². The number of amides is 1. The molecule has 0 saturated carbocycles. The van der Waals surface area contributed by atoms with Gasteiger partial charge in [0.1, 0.15) is 0 Å². The predicted octanol–water partition coefficient (Wildman–Crippen LogP) is 3.35. The van der Waals surface area contributed by atoms with Gasteiger partial charge in [-0.2, -0.15) is 0 Å². The second-order valence-electron chi connectivity index (χ2n) is 4.39. The van der Waals surface area contributed by atoms with Crippen molar-refractivity contribution >= 4 is 34.3 Å². The van der Waals surface area contributed by atoms with Crippen LogP contribution in [0.15, 0.2) is 30.5 Å². The molecule has 0 radical (unpaired) electrons. The van der Waals surface area contributed by atoms with Gasteiger partial charge in [-0.1, -0.05) is 11.6 Å². The summed E-state index contributed by atoms with van der Waals surface area (Å²) in [6.45, 7) is 1.26. The normalized spacial score (nSPS) is 10.4. The van der Waals surface area contributed by atoms with Crippen LogP contribution in [0.25, 0.3) is 10.9 Å². The number of benzene rings is 1. The molecule has 0 bridgehead atoms. The molecular formula is C14H16ClN3O2. The van der Waals surface area contributed by atoms with E-state index in [2.05, 4.69) is 15.6 Å². The summed E-state index contributed by atoms with van der Waals surface area (Å²) >= 11 is 5.94. The van der Waals surface area contributed by atoms with E-state index < -0.39 is 6.09 Å². The number of carbonyl (C=O) groups is 1. The Morgan fingerprint density at radius 1 is 1.25 bits per heavy atom. The number of nitrogens with one attached hydrogen (secondary N) is 2. The van der Waals surface area contributed by atoms with Crippen molar-refractivity contribution in [2.24, 2.45) is 0 Å². The fraction of sp³-hybridized carbons (Fsp3) is 0.286. The number of unbranched alkanes of at least 4 members (excludes halogenated alkanes) is 1. The largest absolute Gasteiger partial charge is 0.465 e. The average Bonchev–Trinajstić information content (AvgIpc) is 2.42. The topological polar surface area (TPSA) is 74.2 Å². The predicted molar refractivity (Wildman–Crippen MR) is 80.5 cm³/mol. The number of rotatable bonds is 6. The van der Waals surface area contributed by atoms with Gasteiger partial charge < -0.3 is 15.7 Å². The molecule has 5 nitrogen and oxygen atoms in total.